The predicted molar refractivity (Wildman–Crippen MR) is 133 cm³/mol. The lowest BCUT2D eigenvalue weighted by atomic mass is 10.1. The van der Waals surface area contributed by atoms with Crippen LogP contribution in [0, 0.1) is 11.7 Å². The highest BCUT2D eigenvalue weighted by Gasteiger charge is 2.67. The Bertz CT molecular complexity index is 1350. The molecule has 4 rings (SSSR count). The summed E-state index contributed by atoms with van der Waals surface area (Å²) in [6.45, 7) is 0. The number of amides is 2. The van der Waals surface area contributed by atoms with Crippen LogP contribution in [0.5, 0.6) is 5.75 Å². The van der Waals surface area contributed by atoms with Crippen LogP contribution in [0.15, 0.2) is 60.7 Å². The van der Waals surface area contributed by atoms with Crippen molar-refractivity contribution in [2.45, 2.75) is 16.6 Å². The van der Waals surface area contributed by atoms with Gasteiger partial charge >= 0.3 is 6.36 Å². The highest BCUT2D eigenvalue weighted by atomic mass is 35.5. The third-order valence-corrected chi connectivity index (χ3v) is 6.78. The summed E-state index contributed by atoms with van der Waals surface area (Å²) in [6, 6.07) is 12.2. The molecular weight excluding hydrogens is 582 g/mol. The van der Waals surface area contributed by atoms with Gasteiger partial charge in [0.25, 0.3) is 5.91 Å². The molecule has 2 amide bonds. The molecule has 3 aromatic carbocycles. The Kier molecular flexibility index (Phi) is 7.54. The van der Waals surface area contributed by atoms with Gasteiger partial charge in [-0.15, -0.1) is 36.4 Å². The molecule has 1 aliphatic rings. The third kappa shape index (κ3) is 6.41. The fraction of sp³-hybridized carbons (Fsp3) is 0.167. The summed E-state index contributed by atoms with van der Waals surface area (Å²) in [5, 5.41) is 5.48. The van der Waals surface area contributed by atoms with Gasteiger partial charge in [-0.2, -0.15) is 0 Å². The number of halogens is 8. The molecule has 0 unspecified atom stereocenters. The van der Waals surface area contributed by atoms with Crippen LogP contribution >= 0.6 is 46.4 Å². The van der Waals surface area contributed by atoms with E-state index in [4.69, 9.17) is 46.4 Å². The van der Waals surface area contributed by atoms with E-state index in [-0.39, 0.29) is 11.4 Å². The first-order valence-electron chi connectivity index (χ1n) is 10.4. The summed E-state index contributed by atoms with van der Waals surface area (Å²) >= 11 is 24.7. The van der Waals surface area contributed by atoms with Gasteiger partial charge in [0, 0.05) is 27.3 Å². The second-order valence-electron chi connectivity index (χ2n) is 8.04. The lowest BCUT2D eigenvalue weighted by Crippen LogP contribution is -2.22. The number of ether oxygens (including phenoxy) is 1. The maximum atomic E-state index is 13.1. The maximum Gasteiger partial charge on any atom is 0.573 e. The number of hydrogen-bond donors (Lipinski definition) is 2. The first-order valence-corrected chi connectivity index (χ1v) is 11.9. The molecule has 1 fully saturated rings. The minimum atomic E-state index is -5.09. The van der Waals surface area contributed by atoms with Gasteiger partial charge in [0.2, 0.25) is 5.91 Å². The normalized spacial score (nSPS) is 18.2. The van der Waals surface area contributed by atoms with Gasteiger partial charge in [-0.05, 0) is 66.2 Å². The molecule has 0 spiro atoms. The predicted octanol–water partition coefficient (Wildman–Crippen LogP) is 7.81. The fourth-order valence-electron chi connectivity index (χ4n) is 3.77. The molecule has 0 aliphatic heterocycles. The Balaban J connectivity index is 1.58. The van der Waals surface area contributed by atoms with Crippen molar-refractivity contribution in [3.05, 3.63) is 87.7 Å². The number of carbonyl (C=O) groups is 2. The topological polar surface area (TPSA) is 67.4 Å². The SMILES string of the molecule is O=C(Nc1ccc(F)cc1)c1cc(NC(=O)[C@H]2[C@H](c3cc(Cl)cc(Cl)c3)C2(Cl)Cl)ccc1OC(F)(F)F. The second-order valence-corrected chi connectivity index (χ2v) is 10.4. The van der Waals surface area contributed by atoms with Crippen molar-refractivity contribution >= 4 is 69.6 Å². The van der Waals surface area contributed by atoms with Crippen LogP contribution in [0.1, 0.15) is 21.8 Å². The number of anilines is 2. The molecule has 3 aromatic rings. The molecular formula is C24H14Cl4F4N2O3. The molecule has 0 radical (unpaired) electrons. The van der Waals surface area contributed by atoms with Crippen molar-refractivity contribution in [2.24, 2.45) is 5.92 Å². The van der Waals surface area contributed by atoms with Crippen LogP contribution in [0.3, 0.4) is 0 Å². The van der Waals surface area contributed by atoms with E-state index in [1.807, 2.05) is 0 Å². The summed E-state index contributed by atoms with van der Waals surface area (Å²) in [5.41, 5.74) is 0.0731. The molecule has 2 atom stereocenters. The lowest BCUT2D eigenvalue weighted by Gasteiger charge is -2.15. The van der Waals surface area contributed by atoms with Crippen molar-refractivity contribution in [1.82, 2.24) is 0 Å². The van der Waals surface area contributed by atoms with E-state index in [1.54, 1.807) is 12.1 Å². The second kappa shape index (κ2) is 10.2. The molecule has 0 saturated heterocycles. The van der Waals surface area contributed by atoms with Crippen molar-refractivity contribution < 1.29 is 31.9 Å². The van der Waals surface area contributed by atoms with Gasteiger partial charge in [0.05, 0.1) is 11.5 Å². The van der Waals surface area contributed by atoms with E-state index in [2.05, 4.69) is 15.4 Å². The van der Waals surface area contributed by atoms with Gasteiger partial charge < -0.3 is 15.4 Å². The van der Waals surface area contributed by atoms with Crippen LogP contribution in [0.25, 0.3) is 0 Å². The smallest absolute Gasteiger partial charge is 0.405 e. The van der Waals surface area contributed by atoms with Crippen LogP contribution < -0.4 is 15.4 Å². The highest BCUT2D eigenvalue weighted by Crippen LogP contribution is 2.65. The largest absolute Gasteiger partial charge is 0.573 e. The van der Waals surface area contributed by atoms with Crippen molar-refractivity contribution in [2.75, 3.05) is 10.6 Å². The van der Waals surface area contributed by atoms with Crippen LogP contribution in [-0.4, -0.2) is 22.5 Å². The minimum Gasteiger partial charge on any atom is -0.405 e. The van der Waals surface area contributed by atoms with E-state index in [1.165, 1.54) is 18.2 Å². The molecule has 0 bridgehead atoms. The number of hydrogen-bond acceptors (Lipinski definition) is 3. The van der Waals surface area contributed by atoms with Crippen LogP contribution in [0.4, 0.5) is 28.9 Å². The zero-order valence-electron chi connectivity index (χ0n) is 18.2. The molecule has 1 aliphatic carbocycles. The number of benzene rings is 3. The van der Waals surface area contributed by atoms with Crippen LogP contribution in [0.2, 0.25) is 10.0 Å². The van der Waals surface area contributed by atoms with Gasteiger partial charge in [-0.25, -0.2) is 4.39 Å². The first kappa shape index (κ1) is 27.3. The van der Waals surface area contributed by atoms with Gasteiger partial charge in [0.1, 0.15) is 15.9 Å². The third-order valence-electron chi connectivity index (χ3n) is 5.40. The Labute approximate surface area is 227 Å². The summed E-state index contributed by atoms with van der Waals surface area (Å²) < 4.78 is 54.3. The van der Waals surface area contributed by atoms with E-state index < -0.39 is 51.5 Å². The van der Waals surface area contributed by atoms with Crippen LogP contribution in [-0.2, 0) is 4.79 Å². The molecule has 1 saturated carbocycles. The summed E-state index contributed by atoms with van der Waals surface area (Å²) in [6.07, 6.45) is -5.09. The molecule has 5 nitrogen and oxygen atoms in total. The summed E-state index contributed by atoms with van der Waals surface area (Å²) in [4.78, 5) is 25.7. The average Bonchev–Trinajstić information content (AvgIpc) is 3.37. The van der Waals surface area contributed by atoms with Gasteiger partial charge in [0.15, 0.2) is 0 Å². The molecule has 13 heteroatoms. The van der Waals surface area contributed by atoms with Gasteiger partial charge in [-0.3, -0.25) is 9.59 Å². The summed E-state index contributed by atoms with van der Waals surface area (Å²) in [7, 11) is 0. The molecule has 194 valence electrons. The number of rotatable bonds is 6. The molecule has 37 heavy (non-hydrogen) atoms. The Hall–Kier alpha value is -2.72. The van der Waals surface area contributed by atoms with E-state index in [0.717, 1.165) is 30.3 Å². The molecule has 0 heterocycles. The van der Waals surface area contributed by atoms with Crippen molar-refractivity contribution in [3.8, 4) is 5.75 Å². The van der Waals surface area contributed by atoms with E-state index >= 15 is 0 Å². The van der Waals surface area contributed by atoms with Crippen molar-refractivity contribution in [1.29, 1.82) is 0 Å². The zero-order valence-corrected chi connectivity index (χ0v) is 21.2. The van der Waals surface area contributed by atoms with E-state index in [9.17, 15) is 27.2 Å². The summed E-state index contributed by atoms with van der Waals surface area (Å²) in [5.74, 6) is -4.65. The Morgan fingerprint density at radius 3 is 2.05 bits per heavy atom. The Morgan fingerprint density at radius 1 is 0.865 bits per heavy atom. The van der Waals surface area contributed by atoms with E-state index in [0.29, 0.717) is 15.6 Å². The maximum absolute atomic E-state index is 13.1. The standard InChI is InChI=1S/C24H14Cl4F4N2O3/c25-12-7-11(8-13(26)9-12)19-20(23(19,27)28)22(36)34-16-5-6-18(37-24(30,31)32)17(10-16)21(35)33-15-3-1-14(29)2-4-15/h1-10,19-20H,(H,33,35)(H,34,36)/t19-,20+/m0/s1. The average molecular weight is 596 g/mol. The number of carbonyl (C=O) groups excluding carboxylic acids is 2. The molecule has 2 N–H and O–H groups in total. The number of alkyl halides is 5. The Morgan fingerprint density at radius 2 is 1.46 bits per heavy atom. The van der Waals surface area contributed by atoms with Crippen molar-refractivity contribution in [3.63, 3.8) is 0 Å². The monoisotopic (exact) mass is 594 g/mol. The minimum absolute atomic E-state index is 0.0253. The van der Waals surface area contributed by atoms with Gasteiger partial charge in [-0.1, -0.05) is 23.2 Å². The molecule has 0 aromatic heterocycles. The number of nitrogens with one attached hydrogen (secondary N) is 2. The quantitative estimate of drug-likeness (QED) is 0.226. The zero-order chi connectivity index (χ0) is 27.1. The lowest BCUT2D eigenvalue weighted by molar-refractivity contribution is -0.274. The highest BCUT2D eigenvalue weighted by molar-refractivity contribution is 6.53. The fourth-order valence-corrected chi connectivity index (χ4v) is 5.14. The first-order chi connectivity index (χ1) is 17.2.